The van der Waals surface area contributed by atoms with Crippen molar-refractivity contribution >= 4 is 38.1 Å². The average molecular weight is 377 g/mol. The van der Waals surface area contributed by atoms with Gasteiger partial charge >= 0.3 is 6.03 Å². The zero-order chi connectivity index (χ0) is 17.9. The molecule has 6 nitrogen and oxygen atoms in total. The Hall–Kier alpha value is -2.32. The molecule has 1 aromatic carbocycles. The van der Waals surface area contributed by atoms with Crippen LogP contribution in [-0.2, 0) is 16.4 Å². The maximum atomic E-state index is 12.7. The number of nitrogens with one attached hydrogen (secondary N) is 3. The number of aromatic nitrogens is 1. The van der Waals surface area contributed by atoms with Crippen molar-refractivity contribution in [3.8, 4) is 0 Å². The van der Waals surface area contributed by atoms with E-state index in [4.69, 9.17) is 0 Å². The number of hydrogen-bond acceptors (Lipinski definition) is 4. The third-order valence-corrected chi connectivity index (χ3v) is 6.57. The fourth-order valence-electron chi connectivity index (χ4n) is 2.70. The molecule has 0 bridgehead atoms. The van der Waals surface area contributed by atoms with E-state index in [-0.39, 0.29) is 18.3 Å². The van der Waals surface area contributed by atoms with Crippen molar-refractivity contribution in [1.82, 2.24) is 15.6 Å². The van der Waals surface area contributed by atoms with Gasteiger partial charge in [-0.05, 0) is 24.4 Å². The highest BCUT2D eigenvalue weighted by atomic mass is 32.2. The Morgan fingerprint density at radius 1 is 1.16 bits per heavy atom. The van der Waals surface area contributed by atoms with E-state index >= 15 is 0 Å². The zero-order valence-electron chi connectivity index (χ0n) is 13.7. The predicted octanol–water partition coefficient (Wildman–Crippen LogP) is 2.81. The first-order valence-corrected chi connectivity index (χ1v) is 10.3. The molecule has 0 saturated carbocycles. The number of carbonyl (C=O) groups excluding carboxylic acids is 1. The van der Waals surface area contributed by atoms with Gasteiger partial charge in [0.15, 0.2) is 9.84 Å². The smallest absolute Gasteiger partial charge is 0.315 e. The Bertz CT molecular complexity index is 976. The molecule has 0 aliphatic rings. The summed E-state index contributed by atoms with van der Waals surface area (Å²) >= 11 is 1.55. The summed E-state index contributed by atoms with van der Waals surface area (Å²) in [6, 6.07) is 10.8. The van der Waals surface area contributed by atoms with Crippen LogP contribution in [0.2, 0.25) is 0 Å². The van der Waals surface area contributed by atoms with E-state index in [9.17, 15) is 13.2 Å². The molecule has 3 aromatic rings. The summed E-state index contributed by atoms with van der Waals surface area (Å²) in [6.45, 7) is 2.23. The SMILES string of the molecule is Cc1[nH]c2ccccc2c1S(=O)(=O)CCNC(=O)NCc1cccs1. The molecule has 0 atom stereocenters. The summed E-state index contributed by atoms with van der Waals surface area (Å²) in [6.07, 6.45) is 0. The minimum absolute atomic E-state index is 0.0531. The number of aryl methyl sites for hydroxylation is 1. The van der Waals surface area contributed by atoms with Gasteiger partial charge in [-0.1, -0.05) is 24.3 Å². The molecule has 0 aliphatic heterocycles. The van der Waals surface area contributed by atoms with Crippen LogP contribution >= 0.6 is 11.3 Å². The number of rotatable bonds is 6. The largest absolute Gasteiger partial charge is 0.358 e. The quantitative estimate of drug-likeness (QED) is 0.617. The summed E-state index contributed by atoms with van der Waals surface area (Å²) in [7, 11) is -3.50. The minimum Gasteiger partial charge on any atom is -0.358 e. The highest BCUT2D eigenvalue weighted by molar-refractivity contribution is 7.91. The fraction of sp³-hybridized carbons (Fsp3) is 0.235. The van der Waals surface area contributed by atoms with Crippen molar-refractivity contribution in [2.45, 2.75) is 18.4 Å². The van der Waals surface area contributed by atoms with Crippen molar-refractivity contribution in [3.05, 3.63) is 52.3 Å². The Morgan fingerprint density at radius 3 is 2.72 bits per heavy atom. The summed E-state index contributed by atoms with van der Waals surface area (Å²) in [5.41, 5.74) is 1.41. The zero-order valence-corrected chi connectivity index (χ0v) is 15.3. The molecule has 0 unspecified atom stereocenters. The van der Waals surface area contributed by atoms with E-state index in [2.05, 4.69) is 15.6 Å². The number of aromatic amines is 1. The molecule has 2 aromatic heterocycles. The lowest BCUT2D eigenvalue weighted by Crippen LogP contribution is -2.37. The lowest BCUT2D eigenvalue weighted by molar-refractivity contribution is 0.241. The normalized spacial score (nSPS) is 11.6. The predicted molar refractivity (Wildman–Crippen MR) is 99.6 cm³/mol. The van der Waals surface area contributed by atoms with Crippen molar-refractivity contribution in [2.75, 3.05) is 12.3 Å². The molecule has 132 valence electrons. The summed E-state index contributed by atoms with van der Waals surface area (Å²) in [5.74, 6) is -0.151. The van der Waals surface area contributed by atoms with Gasteiger partial charge in [0.25, 0.3) is 0 Å². The van der Waals surface area contributed by atoms with E-state index in [0.717, 1.165) is 10.4 Å². The van der Waals surface area contributed by atoms with Crippen LogP contribution in [0, 0.1) is 6.92 Å². The molecule has 0 spiro atoms. The molecular formula is C17H19N3O3S2. The fourth-order valence-corrected chi connectivity index (χ4v) is 4.95. The van der Waals surface area contributed by atoms with Crippen molar-refractivity contribution in [2.24, 2.45) is 0 Å². The number of hydrogen-bond donors (Lipinski definition) is 3. The van der Waals surface area contributed by atoms with Crippen molar-refractivity contribution in [1.29, 1.82) is 0 Å². The van der Waals surface area contributed by atoms with Gasteiger partial charge in [0.1, 0.15) is 0 Å². The molecule has 2 amide bonds. The second kappa shape index (κ2) is 7.28. The van der Waals surface area contributed by atoms with Gasteiger partial charge in [0, 0.05) is 28.0 Å². The second-order valence-electron chi connectivity index (χ2n) is 5.63. The molecule has 3 N–H and O–H groups in total. The van der Waals surface area contributed by atoms with E-state index in [1.54, 1.807) is 24.3 Å². The Morgan fingerprint density at radius 2 is 1.96 bits per heavy atom. The number of thiophene rings is 1. The van der Waals surface area contributed by atoms with Gasteiger partial charge in [0.2, 0.25) is 0 Å². The van der Waals surface area contributed by atoms with Crippen LogP contribution in [0.4, 0.5) is 4.79 Å². The number of carbonyl (C=O) groups is 1. The Kier molecular flexibility index (Phi) is 5.10. The molecule has 0 fully saturated rings. The number of para-hydroxylation sites is 1. The summed E-state index contributed by atoms with van der Waals surface area (Å²) in [5, 5.41) is 7.92. The number of fused-ring (bicyclic) bond motifs is 1. The van der Waals surface area contributed by atoms with Crippen molar-refractivity contribution in [3.63, 3.8) is 0 Å². The first-order chi connectivity index (χ1) is 12.0. The van der Waals surface area contributed by atoms with Crippen molar-refractivity contribution < 1.29 is 13.2 Å². The van der Waals surface area contributed by atoms with Gasteiger partial charge in [-0.25, -0.2) is 13.2 Å². The van der Waals surface area contributed by atoms with Crippen LogP contribution in [-0.4, -0.2) is 31.7 Å². The van der Waals surface area contributed by atoms with Crippen LogP contribution in [0.3, 0.4) is 0 Å². The molecule has 0 saturated heterocycles. The van der Waals surface area contributed by atoms with Crippen LogP contribution in [0.5, 0.6) is 0 Å². The van der Waals surface area contributed by atoms with Crippen LogP contribution < -0.4 is 10.6 Å². The van der Waals surface area contributed by atoms with Gasteiger partial charge in [0.05, 0.1) is 17.2 Å². The van der Waals surface area contributed by atoms with Gasteiger partial charge < -0.3 is 15.6 Å². The number of sulfone groups is 1. The van der Waals surface area contributed by atoms with Gasteiger partial charge in [-0.15, -0.1) is 11.3 Å². The number of benzene rings is 1. The van der Waals surface area contributed by atoms with Crippen LogP contribution in [0.25, 0.3) is 10.9 Å². The van der Waals surface area contributed by atoms with E-state index < -0.39 is 9.84 Å². The molecule has 0 aliphatic carbocycles. The molecule has 8 heteroatoms. The average Bonchev–Trinajstić information content (AvgIpc) is 3.19. The lowest BCUT2D eigenvalue weighted by atomic mass is 10.2. The molecule has 3 rings (SSSR count). The third kappa shape index (κ3) is 4.02. The van der Waals surface area contributed by atoms with Gasteiger partial charge in [-0.2, -0.15) is 0 Å². The highest BCUT2D eigenvalue weighted by Crippen LogP contribution is 2.27. The first kappa shape index (κ1) is 17.5. The molecule has 0 radical (unpaired) electrons. The van der Waals surface area contributed by atoms with E-state index in [1.165, 1.54) is 0 Å². The number of amides is 2. The molecule has 25 heavy (non-hydrogen) atoms. The number of urea groups is 1. The van der Waals surface area contributed by atoms with E-state index in [1.807, 2.05) is 35.7 Å². The number of H-pyrrole nitrogens is 1. The summed E-state index contributed by atoms with van der Waals surface area (Å²) in [4.78, 5) is 16.2. The Balaban J connectivity index is 1.60. The second-order valence-corrected chi connectivity index (χ2v) is 8.71. The Labute approximate surface area is 150 Å². The molecule has 2 heterocycles. The van der Waals surface area contributed by atoms with Gasteiger partial charge in [-0.3, -0.25) is 0 Å². The van der Waals surface area contributed by atoms with Crippen LogP contribution in [0.15, 0.2) is 46.7 Å². The maximum Gasteiger partial charge on any atom is 0.315 e. The lowest BCUT2D eigenvalue weighted by Gasteiger charge is -2.08. The standard InChI is InChI=1S/C17H19N3O3S2/c1-12-16(14-6-2-3-7-15(14)20-12)25(22,23)10-8-18-17(21)19-11-13-5-4-9-24-13/h2-7,9,20H,8,10-11H2,1H3,(H2,18,19,21). The third-order valence-electron chi connectivity index (χ3n) is 3.81. The van der Waals surface area contributed by atoms with Crippen LogP contribution in [0.1, 0.15) is 10.6 Å². The topological polar surface area (TPSA) is 91.1 Å². The van der Waals surface area contributed by atoms with E-state index in [0.29, 0.717) is 22.5 Å². The molecular weight excluding hydrogens is 358 g/mol. The summed E-state index contributed by atoms with van der Waals surface area (Å²) < 4.78 is 25.3. The monoisotopic (exact) mass is 377 g/mol. The first-order valence-electron chi connectivity index (χ1n) is 7.81. The highest BCUT2D eigenvalue weighted by Gasteiger charge is 2.22. The maximum absolute atomic E-state index is 12.7. The minimum atomic E-state index is -3.50.